The van der Waals surface area contributed by atoms with Crippen molar-refractivity contribution in [3.05, 3.63) is 35.9 Å². The number of guanidine groups is 1. The summed E-state index contributed by atoms with van der Waals surface area (Å²) in [6, 6.07) is 10.9. The molecule has 2 N–H and O–H groups in total. The normalized spacial score (nSPS) is 16.7. The van der Waals surface area contributed by atoms with Crippen molar-refractivity contribution in [2.45, 2.75) is 44.9 Å². The Kier molecular flexibility index (Phi) is 5.45. The van der Waals surface area contributed by atoms with Gasteiger partial charge in [-0.15, -0.1) is 0 Å². The maximum absolute atomic E-state index is 4.83. The van der Waals surface area contributed by atoms with Crippen LogP contribution in [0, 0.1) is 0 Å². The van der Waals surface area contributed by atoms with E-state index in [0.29, 0.717) is 0 Å². The number of nitrogens with zero attached hydrogens (tertiary/aromatic N) is 1. The highest BCUT2D eigenvalue weighted by Gasteiger charge is 2.35. The molecule has 0 spiro atoms. The predicted molar refractivity (Wildman–Crippen MR) is 86.2 cm³/mol. The van der Waals surface area contributed by atoms with Crippen molar-refractivity contribution in [2.24, 2.45) is 4.99 Å². The van der Waals surface area contributed by atoms with Crippen molar-refractivity contribution in [3.63, 3.8) is 0 Å². The van der Waals surface area contributed by atoms with Crippen LogP contribution < -0.4 is 10.6 Å². The number of aliphatic imine (C=N–C) groups is 1. The molecule has 1 aromatic carbocycles. The fourth-order valence-corrected chi connectivity index (χ4v) is 3.12. The van der Waals surface area contributed by atoms with E-state index in [1.807, 2.05) is 0 Å². The van der Waals surface area contributed by atoms with E-state index < -0.39 is 0 Å². The summed E-state index contributed by atoms with van der Waals surface area (Å²) in [4.78, 5) is 4.83. The van der Waals surface area contributed by atoms with Gasteiger partial charge < -0.3 is 10.6 Å². The Morgan fingerprint density at radius 1 is 1.05 bits per heavy atom. The van der Waals surface area contributed by atoms with Gasteiger partial charge in [-0.25, -0.2) is 0 Å². The third kappa shape index (κ3) is 3.53. The summed E-state index contributed by atoms with van der Waals surface area (Å²) in [6.07, 6.45) is 5.16. The maximum atomic E-state index is 4.83. The van der Waals surface area contributed by atoms with Crippen molar-refractivity contribution in [3.8, 4) is 0 Å². The van der Waals surface area contributed by atoms with Gasteiger partial charge in [0, 0.05) is 18.5 Å². The molecule has 0 bridgehead atoms. The first-order valence-electron chi connectivity index (χ1n) is 7.88. The van der Waals surface area contributed by atoms with Crippen LogP contribution in [0.3, 0.4) is 0 Å². The molecule has 0 saturated heterocycles. The standard InChI is InChI=1S/C17H27N3/c1-3-18-16(19-4-2)20-14-17(12-8-9-13-17)15-10-6-5-7-11-15/h5-7,10-11H,3-4,8-9,12-14H2,1-2H3,(H2,18,19,20). The van der Waals surface area contributed by atoms with E-state index in [1.165, 1.54) is 31.2 Å². The SMILES string of the molecule is CCNC(=NCC1(c2ccccc2)CCCC1)NCC. The number of rotatable bonds is 5. The molecule has 110 valence electrons. The molecule has 0 unspecified atom stereocenters. The summed E-state index contributed by atoms with van der Waals surface area (Å²) in [5, 5.41) is 6.63. The Bertz CT molecular complexity index is 411. The van der Waals surface area contributed by atoms with Crippen LogP contribution in [-0.4, -0.2) is 25.6 Å². The third-order valence-corrected chi connectivity index (χ3v) is 4.18. The first-order chi connectivity index (χ1) is 9.80. The summed E-state index contributed by atoms with van der Waals surface area (Å²) in [7, 11) is 0. The zero-order valence-corrected chi connectivity index (χ0v) is 12.8. The number of hydrogen-bond donors (Lipinski definition) is 2. The quantitative estimate of drug-likeness (QED) is 0.639. The highest BCUT2D eigenvalue weighted by molar-refractivity contribution is 5.79. The van der Waals surface area contributed by atoms with E-state index in [-0.39, 0.29) is 5.41 Å². The molecule has 1 saturated carbocycles. The molecule has 0 amide bonds. The van der Waals surface area contributed by atoms with E-state index >= 15 is 0 Å². The molecule has 0 heterocycles. The average molecular weight is 273 g/mol. The molecule has 3 nitrogen and oxygen atoms in total. The highest BCUT2D eigenvalue weighted by atomic mass is 15.2. The maximum Gasteiger partial charge on any atom is 0.191 e. The Morgan fingerprint density at radius 3 is 2.20 bits per heavy atom. The van der Waals surface area contributed by atoms with E-state index in [9.17, 15) is 0 Å². The van der Waals surface area contributed by atoms with Crippen molar-refractivity contribution in [1.82, 2.24) is 10.6 Å². The zero-order chi connectivity index (χ0) is 14.3. The van der Waals surface area contributed by atoms with Gasteiger partial charge in [-0.3, -0.25) is 4.99 Å². The van der Waals surface area contributed by atoms with Gasteiger partial charge >= 0.3 is 0 Å². The predicted octanol–water partition coefficient (Wildman–Crippen LogP) is 3.07. The minimum atomic E-state index is 0.247. The van der Waals surface area contributed by atoms with E-state index in [2.05, 4.69) is 54.8 Å². The van der Waals surface area contributed by atoms with Gasteiger partial charge in [0.1, 0.15) is 0 Å². The highest BCUT2D eigenvalue weighted by Crippen LogP contribution is 2.41. The first-order valence-corrected chi connectivity index (χ1v) is 7.88. The largest absolute Gasteiger partial charge is 0.357 e. The molecule has 20 heavy (non-hydrogen) atoms. The fraction of sp³-hybridized carbons (Fsp3) is 0.588. The lowest BCUT2D eigenvalue weighted by Crippen LogP contribution is -2.38. The van der Waals surface area contributed by atoms with Gasteiger partial charge in [-0.1, -0.05) is 43.2 Å². The molecule has 2 rings (SSSR count). The van der Waals surface area contributed by atoms with Crippen LogP contribution in [0.25, 0.3) is 0 Å². The van der Waals surface area contributed by atoms with Gasteiger partial charge in [0.25, 0.3) is 0 Å². The van der Waals surface area contributed by atoms with Crippen LogP contribution in [0.5, 0.6) is 0 Å². The van der Waals surface area contributed by atoms with Crippen LogP contribution in [0.15, 0.2) is 35.3 Å². The van der Waals surface area contributed by atoms with E-state index in [4.69, 9.17) is 4.99 Å². The van der Waals surface area contributed by atoms with Crippen LogP contribution >= 0.6 is 0 Å². The van der Waals surface area contributed by atoms with Crippen LogP contribution in [0.1, 0.15) is 45.1 Å². The minimum Gasteiger partial charge on any atom is -0.357 e. The number of nitrogens with one attached hydrogen (secondary N) is 2. The summed E-state index contributed by atoms with van der Waals surface area (Å²) in [5.74, 6) is 0.942. The average Bonchev–Trinajstić information content (AvgIpc) is 2.96. The van der Waals surface area contributed by atoms with Gasteiger partial charge in [0.05, 0.1) is 6.54 Å². The van der Waals surface area contributed by atoms with E-state index in [0.717, 1.165) is 25.6 Å². The molecule has 0 radical (unpaired) electrons. The Hall–Kier alpha value is -1.51. The van der Waals surface area contributed by atoms with Gasteiger partial charge in [-0.05, 0) is 32.3 Å². The Morgan fingerprint density at radius 2 is 1.65 bits per heavy atom. The lowest BCUT2D eigenvalue weighted by Gasteiger charge is -2.28. The molecule has 3 heteroatoms. The van der Waals surface area contributed by atoms with Crippen molar-refractivity contribution >= 4 is 5.96 Å². The van der Waals surface area contributed by atoms with Crippen LogP contribution in [0.4, 0.5) is 0 Å². The lowest BCUT2D eigenvalue weighted by molar-refractivity contribution is 0.452. The van der Waals surface area contributed by atoms with Crippen LogP contribution in [-0.2, 0) is 5.41 Å². The second-order valence-corrected chi connectivity index (χ2v) is 5.58. The molecular formula is C17H27N3. The summed E-state index contributed by atoms with van der Waals surface area (Å²) in [6.45, 7) is 6.91. The summed E-state index contributed by atoms with van der Waals surface area (Å²) < 4.78 is 0. The Balaban J connectivity index is 2.15. The smallest absolute Gasteiger partial charge is 0.191 e. The van der Waals surface area contributed by atoms with Crippen molar-refractivity contribution < 1.29 is 0 Å². The first kappa shape index (κ1) is 14.9. The zero-order valence-electron chi connectivity index (χ0n) is 12.8. The number of benzene rings is 1. The summed E-state index contributed by atoms with van der Waals surface area (Å²) in [5.41, 5.74) is 1.70. The van der Waals surface area contributed by atoms with Crippen LogP contribution in [0.2, 0.25) is 0 Å². The third-order valence-electron chi connectivity index (χ3n) is 4.18. The molecule has 1 fully saturated rings. The summed E-state index contributed by atoms with van der Waals surface area (Å²) >= 11 is 0. The topological polar surface area (TPSA) is 36.4 Å². The van der Waals surface area contributed by atoms with Gasteiger partial charge in [0.2, 0.25) is 0 Å². The monoisotopic (exact) mass is 273 g/mol. The molecule has 1 aliphatic carbocycles. The molecule has 0 aromatic heterocycles. The molecule has 0 aliphatic heterocycles. The van der Waals surface area contributed by atoms with Crippen molar-refractivity contribution in [2.75, 3.05) is 19.6 Å². The number of hydrogen-bond acceptors (Lipinski definition) is 1. The van der Waals surface area contributed by atoms with Gasteiger partial charge in [-0.2, -0.15) is 0 Å². The lowest BCUT2D eigenvalue weighted by atomic mass is 9.79. The molecular weight excluding hydrogens is 246 g/mol. The van der Waals surface area contributed by atoms with Crippen molar-refractivity contribution in [1.29, 1.82) is 0 Å². The fourth-order valence-electron chi connectivity index (χ4n) is 3.12. The van der Waals surface area contributed by atoms with Gasteiger partial charge in [0.15, 0.2) is 5.96 Å². The molecule has 1 aromatic rings. The Labute approximate surface area is 122 Å². The molecule has 1 aliphatic rings. The van der Waals surface area contributed by atoms with E-state index in [1.54, 1.807) is 0 Å². The second kappa shape index (κ2) is 7.32. The second-order valence-electron chi connectivity index (χ2n) is 5.58. The molecule has 0 atom stereocenters. The minimum absolute atomic E-state index is 0.247.